The lowest BCUT2D eigenvalue weighted by molar-refractivity contribution is -0.147. The van der Waals surface area contributed by atoms with Crippen LogP contribution in [-0.2, 0) is 20.7 Å². The molecule has 0 bridgehead atoms. The van der Waals surface area contributed by atoms with E-state index in [-0.39, 0.29) is 17.5 Å². The molecule has 0 spiro atoms. The largest absolute Gasteiger partial charge is 0.468 e. The topological polar surface area (TPSA) is 60.4 Å². The number of fused-ring (bicyclic) bond motifs is 1. The average Bonchev–Trinajstić information content (AvgIpc) is 2.39. The van der Waals surface area contributed by atoms with Crippen molar-refractivity contribution in [2.75, 3.05) is 7.11 Å². The molecule has 19 heavy (non-hydrogen) atoms. The summed E-state index contributed by atoms with van der Waals surface area (Å²) in [6.45, 7) is 3.27. The van der Waals surface area contributed by atoms with Gasteiger partial charge in [0.2, 0.25) is 0 Å². The minimum Gasteiger partial charge on any atom is -0.468 e. The maximum Gasteiger partial charge on any atom is 0.320 e. The Morgan fingerprint density at radius 1 is 1.32 bits per heavy atom. The van der Waals surface area contributed by atoms with Gasteiger partial charge in [-0.2, -0.15) is 0 Å². The molecule has 0 radical (unpaired) electrons. The Kier molecular flexibility index (Phi) is 3.51. The first-order valence-electron chi connectivity index (χ1n) is 6.21. The molecule has 1 aromatic carbocycles. The molecule has 0 fully saturated rings. The van der Waals surface area contributed by atoms with Crippen LogP contribution in [0.2, 0.25) is 0 Å². The minimum atomic E-state index is -0.900. The van der Waals surface area contributed by atoms with Crippen LogP contribution in [0.4, 0.5) is 0 Å². The highest BCUT2D eigenvalue weighted by atomic mass is 16.5. The van der Waals surface area contributed by atoms with E-state index < -0.39 is 11.9 Å². The van der Waals surface area contributed by atoms with Gasteiger partial charge in [0.05, 0.1) is 7.11 Å². The molecule has 100 valence electrons. The molecule has 0 amide bonds. The zero-order valence-electron chi connectivity index (χ0n) is 11.2. The van der Waals surface area contributed by atoms with E-state index in [1.54, 1.807) is 19.1 Å². The highest BCUT2D eigenvalue weighted by Crippen LogP contribution is 2.33. The second-order valence-corrected chi connectivity index (χ2v) is 4.93. The summed E-state index contributed by atoms with van der Waals surface area (Å²) in [6, 6.07) is 5.20. The van der Waals surface area contributed by atoms with Crippen molar-refractivity contribution in [3.63, 3.8) is 0 Å². The zero-order chi connectivity index (χ0) is 14.2. The average molecular weight is 260 g/mol. The quantitative estimate of drug-likeness (QED) is 0.463. The predicted octanol–water partition coefficient (Wildman–Crippen LogP) is 1.91. The summed E-state index contributed by atoms with van der Waals surface area (Å²) in [5.74, 6) is -1.89. The predicted molar refractivity (Wildman–Crippen MR) is 69.1 cm³/mol. The number of hydrogen-bond donors (Lipinski definition) is 0. The second-order valence-electron chi connectivity index (χ2n) is 4.93. The normalized spacial score (nSPS) is 21.7. The fraction of sp³-hybridized carbons (Fsp3) is 0.400. The van der Waals surface area contributed by atoms with Crippen molar-refractivity contribution >= 4 is 17.5 Å². The molecule has 2 atom stereocenters. The molecule has 4 heteroatoms. The summed E-state index contributed by atoms with van der Waals surface area (Å²) in [5.41, 5.74) is 2.06. The van der Waals surface area contributed by atoms with E-state index in [9.17, 15) is 14.4 Å². The number of benzene rings is 1. The number of esters is 1. The van der Waals surface area contributed by atoms with Crippen LogP contribution in [0.1, 0.15) is 41.3 Å². The maximum atomic E-state index is 12.2. The smallest absolute Gasteiger partial charge is 0.320 e. The molecule has 2 unspecified atom stereocenters. The van der Waals surface area contributed by atoms with Crippen molar-refractivity contribution in [2.24, 2.45) is 5.92 Å². The lowest BCUT2D eigenvalue weighted by Crippen LogP contribution is -2.34. The Morgan fingerprint density at radius 3 is 2.58 bits per heavy atom. The molecule has 1 aliphatic carbocycles. The maximum absolute atomic E-state index is 12.2. The van der Waals surface area contributed by atoms with Crippen LogP contribution in [0.5, 0.6) is 0 Å². The van der Waals surface area contributed by atoms with Gasteiger partial charge >= 0.3 is 5.97 Å². The Bertz CT molecular complexity index is 559. The summed E-state index contributed by atoms with van der Waals surface area (Å²) in [6.07, 6.45) is 0.597. The Morgan fingerprint density at radius 2 is 2.00 bits per heavy atom. The number of Topliss-reactive ketones (excluding diaryl/α,β-unsaturated/α-hetero) is 2. The van der Waals surface area contributed by atoms with Crippen molar-refractivity contribution in [1.29, 1.82) is 0 Å². The highest BCUT2D eigenvalue weighted by molar-refractivity contribution is 6.07. The van der Waals surface area contributed by atoms with Gasteiger partial charge in [-0.15, -0.1) is 0 Å². The Balaban J connectivity index is 2.57. The first kappa shape index (κ1) is 13.5. The van der Waals surface area contributed by atoms with E-state index in [2.05, 4.69) is 0 Å². The SMILES string of the molecule is COC(=O)C1C(=O)C(C)Cc2ccc(C(C)=O)cc21. The van der Waals surface area contributed by atoms with Crippen molar-refractivity contribution in [3.8, 4) is 0 Å². The molecule has 0 aliphatic heterocycles. The molecule has 0 aromatic heterocycles. The van der Waals surface area contributed by atoms with Gasteiger partial charge in [0, 0.05) is 11.5 Å². The molecule has 0 saturated heterocycles. The molecule has 0 N–H and O–H groups in total. The molecular weight excluding hydrogens is 244 g/mol. The van der Waals surface area contributed by atoms with Crippen molar-refractivity contribution in [2.45, 2.75) is 26.2 Å². The zero-order valence-corrected chi connectivity index (χ0v) is 11.2. The first-order chi connectivity index (χ1) is 8.95. The molecule has 4 nitrogen and oxygen atoms in total. The molecule has 1 aromatic rings. The summed E-state index contributed by atoms with van der Waals surface area (Å²) in [7, 11) is 1.27. The van der Waals surface area contributed by atoms with E-state index in [0.29, 0.717) is 17.5 Å². The third-order valence-electron chi connectivity index (χ3n) is 3.60. The van der Waals surface area contributed by atoms with Crippen LogP contribution in [0.25, 0.3) is 0 Å². The van der Waals surface area contributed by atoms with E-state index in [1.807, 2.05) is 6.07 Å². The van der Waals surface area contributed by atoms with Gasteiger partial charge in [-0.25, -0.2) is 0 Å². The number of ether oxygens (including phenoxy) is 1. The second kappa shape index (κ2) is 4.96. The molecule has 1 aliphatic rings. The lowest BCUT2D eigenvalue weighted by Gasteiger charge is -2.27. The summed E-state index contributed by atoms with van der Waals surface area (Å²) in [4.78, 5) is 35.4. The third kappa shape index (κ3) is 2.30. The van der Waals surface area contributed by atoms with Crippen LogP contribution < -0.4 is 0 Å². The van der Waals surface area contributed by atoms with Crippen molar-refractivity contribution in [3.05, 3.63) is 34.9 Å². The molecule has 2 rings (SSSR count). The third-order valence-corrected chi connectivity index (χ3v) is 3.60. The standard InChI is InChI=1S/C15H16O4/c1-8-6-11-5-4-10(9(2)16)7-12(11)13(14(8)17)15(18)19-3/h4-5,7-8,13H,6H2,1-3H3. The molecule has 0 heterocycles. The minimum absolute atomic E-state index is 0.0857. The van der Waals surface area contributed by atoms with E-state index in [0.717, 1.165) is 5.56 Å². The Labute approximate surface area is 111 Å². The number of ketones is 2. The van der Waals surface area contributed by atoms with Gasteiger partial charge in [0.15, 0.2) is 11.6 Å². The van der Waals surface area contributed by atoms with Gasteiger partial charge in [0.1, 0.15) is 5.92 Å². The number of rotatable bonds is 2. The first-order valence-corrected chi connectivity index (χ1v) is 6.21. The fourth-order valence-corrected chi connectivity index (χ4v) is 2.50. The molecular formula is C15H16O4. The van der Waals surface area contributed by atoms with Crippen molar-refractivity contribution in [1.82, 2.24) is 0 Å². The summed E-state index contributed by atoms with van der Waals surface area (Å²) >= 11 is 0. The van der Waals surface area contributed by atoms with Gasteiger partial charge in [-0.05, 0) is 30.5 Å². The monoisotopic (exact) mass is 260 g/mol. The van der Waals surface area contributed by atoms with E-state index in [1.165, 1.54) is 14.0 Å². The highest BCUT2D eigenvalue weighted by Gasteiger charge is 2.38. The van der Waals surface area contributed by atoms with Gasteiger partial charge in [-0.1, -0.05) is 19.1 Å². The lowest BCUT2D eigenvalue weighted by atomic mass is 9.76. The number of hydrogen-bond acceptors (Lipinski definition) is 4. The summed E-state index contributed by atoms with van der Waals surface area (Å²) < 4.78 is 4.72. The molecule has 0 saturated carbocycles. The van der Waals surface area contributed by atoms with Gasteiger partial charge in [-0.3, -0.25) is 14.4 Å². The number of carbonyl (C=O) groups is 3. The fourth-order valence-electron chi connectivity index (χ4n) is 2.50. The van der Waals surface area contributed by atoms with E-state index in [4.69, 9.17) is 4.74 Å². The summed E-state index contributed by atoms with van der Waals surface area (Å²) in [5, 5.41) is 0. The van der Waals surface area contributed by atoms with Crippen LogP contribution >= 0.6 is 0 Å². The number of methoxy groups -OCH3 is 1. The van der Waals surface area contributed by atoms with Crippen LogP contribution in [0.3, 0.4) is 0 Å². The van der Waals surface area contributed by atoms with E-state index >= 15 is 0 Å². The van der Waals surface area contributed by atoms with Gasteiger partial charge < -0.3 is 4.74 Å². The van der Waals surface area contributed by atoms with Crippen LogP contribution in [0.15, 0.2) is 18.2 Å². The Hall–Kier alpha value is -1.97. The van der Waals surface area contributed by atoms with Crippen LogP contribution in [-0.4, -0.2) is 24.6 Å². The van der Waals surface area contributed by atoms with Crippen LogP contribution in [0, 0.1) is 5.92 Å². The van der Waals surface area contributed by atoms with Gasteiger partial charge in [0.25, 0.3) is 0 Å². The van der Waals surface area contributed by atoms with Crippen molar-refractivity contribution < 1.29 is 19.1 Å². The number of carbonyl (C=O) groups excluding carboxylic acids is 3.